The standard InChI is InChI=1S/C13H16N2O5/c1-9-2-3-10(6-12(9)15(18)19)13(17)14-4-5-20-11(7-14)8-16/h2-3,6,11,16H,4-5,7-8H2,1H3. The molecule has 0 radical (unpaired) electrons. The van der Waals surface area contributed by atoms with Crippen molar-refractivity contribution in [3.63, 3.8) is 0 Å². The summed E-state index contributed by atoms with van der Waals surface area (Å²) in [5, 5.41) is 20.0. The molecule has 20 heavy (non-hydrogen) atoms. The average Bonchev–Trinajstić information content (AvgIpc) is 2.46. The van der Waals surface area contributed by atoms with Gasteiger partial charge in [0, 0.05) is 30.3 Å². The Morgan fingerprint density at radius 3 is 3.00 bits per heavy atom. The number of carbonyl (C=O) groups is 1. The number of nitro groups is 1. The van der Waals surface area contributed by atoms with Crippen molar-refractivity contribution in [1.82, 2.24) is 4.90 Å². The minimum atomic E-state index is -0.498. The number of hydrogen-bond acceptors (Lipinski definition) is 5. The zero-order chi connectivity index (χ0) is 14.7. The lowest BCUT2D eigenvalue weighted by atomic mass is 10.1. The lowest BCUT2D eigenvalue weighted by molar-refractivity contribution is -0.385. The molecule has 0 bridgehead atoms. The summed E-state index contributed by atoms with van der Waals surface area (Å²) in [5.74, 6) is -0.283. The second kappa shape index (κ2) is 5.98. The molecule has 1 aliphatic heterocycles. The third-order valence-electron chi connectivity index (χ3n) is 3.28. The van der Waals surface area contributed by atoms with E-state index in [1.807, 2.05) is 0 Å². The van der Waals surface area contributed by atoms with Crippen LogP contribution in [-0.4, -0.2) is 53.2 Å². The molecule has 1 amide bonds. The van der Waals surface area contributed by atoms with Crippen LogP contribution in [0.5, 0.6) is 0 Å². The number of hydrogen-bond donors (Lipinski definition) is 1. The van der Waals surface area contributed by atoms with Crippen LogP contribution in [0.25, 0.3) is 0 Å². The maximum absolute atomic E-state index is 12.3. The zero-order valence-corrected chi connectivity index (χ0v) is 11.1. The molecule has 2 rings (SSSR count). The molecule has 7 nitrogen and oxygen atoms in total. The van der Waals surface area contributed by atoms with Crippen LogP contribution in [0.4, 0.5) is 5.69 Å². The number of morpholine rings is 1. The van der Waals surface area contributed by atoms with E-state index in [1.54, 1.807) is 24.0 Å². The van der Waals surface area contributed by atoms with Crippen LogP contribution in [0.15, 0.2) is 18.2 Å². The predicted molar refractivity (Wildman–Crippen MR) is 70.6 cm³/mol. The Morgan fingerprint density at radius 2 is 2.35 bits per heavy atom. The summed E-state index contributed by atoms with van der Waals surface area (Å²) in [7, 11) is 0. The number of aliphatic hydroxyl groups is 1. The van der Waals surface area contributed by atoms with Crippen molar-refractivity contribution in [3.8, 4) is 0 Å². The number of benzene rings is 1. The Kier molecular flexibility index (Phi) is 4.31. The minimum absolute atomic E-state index is 0.0668. The van der Waals surface area contributed by atoms with E-state index in [1.165, 1.54) is 6.07 Å². The van der Waals surface area contributed by atoms with Gasteiger partial charge in [-0.15, -0.1) is 0 Å². The summed E-state index contributed by atoms with van der Waals surface area (Å²) >= 11 is 0. The molecule has 1 heterocycles. The number of aliphatic hydroxyl groups excluding tert-OH is 1. The number of amides is 1. The number of aryl methyl sites for hydroxylation is 1. The molecule has 1 aromatic carbocycles. The van der Waals surface area contributed by atoms with Crippen molar-refractivity contribution in [3.05, 3.63) is 39.4 Å². The average molecular weight is 280 g/mol. The van der Waals surface area contributed by atoms with Gasteiger partial charge in [0.1, 0.15) is 0 Å². The fourth-order valence-corrected chi connectivity index (χ4v) is 2.14. The number of carbonyl (C=O) groups excluding carboxylic acids is 1. The fourth-order valence-electron chi connectivity index (χ4n) is 2.14. The number of nitro benzene ring substituents is 1. The van der Waals surface area contributed by atoms with Crippen molar-refractivity contribution in [1.29, 1.82) is 0 Å². The minimum Gasteiger partial charge on any atom is -0.394 e. The highest BCUT2D eigenvalue weighted by atomic mass is 16.6. The highest BCUT2D eigenvalue weighted by Crippen LogP contribution is 2.21. The van der Waals surface area contributed by atoms with E-state index in [0.29, 0.717) is 18.7 Å². The lowest BCUT2D eigenvalue weighted by Crippen LogP contribution is -2.46. The molecule has 7 heteroatoms. The number of nitrogens with zero attached hydrogens (tertiary/aromatic N) is 2. The van der Waals surface area contributed by atoms with Gasteiger partial charge in [0.15, 0.2) is 0 Å². The van der Waals surface area contributed by atoms with Crippen LogP contribution in [0.2, 0.25) is 0 Å². The number of rotatable bonds is 3. The van der Waals surface area contributed by atoms with E-state index < -0.39 is 11.0 Å². The summed E-state index contributed by atoms with van der Waals surface area (Å²) in [5.41, 5.74) is 0.727. The molecule has 1 aliphatic rings. The first-order chi connectivity index (χ1) is 9.52. The smallest absolute Gasteiger partial charge is 0.273 e. The predicted octanol–water partition coefficient (Wildman–Crippen LogP) is 0.737. The van der Waals surface area contributed by atoms with Crippen molar-refractivity contribution >= 4 is 11.6 Å². The van der Waals surface area contributed by atoms with Crippen LogP contribution < -0.4 is 0 Å². The molecule has 108 valence electrons. The van der Waals surface area contributed by atoms with Crippen LogP contribution >= 0.6 is 0 Å². The van der Waals surface area contributed by atoms with Gasteiger partial charge in [0.05, 0.1) is 24.2 Å². The first-order valence-electron chi connectivity index (χ1n) is 6.29. The molecule has 1 unspecified atom stereocenters. The van der Waals surface area contributed by atoms with E-state index in [9.17, 15) is 14.9 Å². The van der Waals surface area contributed by atoms with Gasteiger partial charge in [-0.1, -0.05) is 6.07 Å². The first-order valence-corrected chi connectivity index (χ1v) is 6.29. The van der Waals surface area contributed by atoms with Crippen LogP contribution in [0, 0.1) is 17.0 Å². The van der Waals surface area contributed by atoms with Crippen LogP contribution in [-0.2, 0) is 4.74 Å². The second-order valence-corrected chi connectivity index (χ2v) is 4.68. The molecule has 0 aromatic heterocycles. The van der Waals surface area contributed by atoms with Gasteiger partial charge in [0.25, 0.3) is 11.6 Å². The van der Waals surface area contributed by atoms with Crippen molar-refractivity contribution in [2.24, 2.45) is 0 Å². The van der Waals surface area contributed by atoms with E-state index in [0.717, 1.165) is 0 Å². The lowest BCUT2D eigenvalue weighted by Gasteiger charge is -2.32. The zero-order valence-electron chi connectivity index (χ0n) is 11.1. The second-order valence-electron chi connectivity index (χ2n) is 4.68. The molecule has 0 spiro atoms. The molecule has 1 saturated heterocycles. The Hall–Kier alpha value is -1.99. The molecule has 1 atom stereocenters. The van der Waals surface area contributed by atoms with E-state index in [2.05, 4.69) is 0 Å². The molecule has 0 aliphatic carbocycles. The summed E-state index contributed by atoms with van der Waals surface area (Å²) < 4.78 is 5.27. The summed E-state index contributed by atoms with van der Waals surface area (Å²) in [6.07, 6.45) is -0.395. The largest absolute Gasteiger partial charge is 0.394 e. The van der Waals surface area contributed by atoms with Crippen molar-refractivity contribution in [2.45, 2.75) is 13.0 Å². The fraction of sp³-hybridized carbons (Fsp3) is 0.462. The topological polar surface area (TPSA) is 92.9 Å². The molecular weight excluding hydrogens is 264 g/mol. The molecular formula is C13H16N2O5. The molecule has 1 fully saturated rings. The molecule has 1 N–H and O–H groups in total. The molecule has 0 saturated carbocycles. The maximum atomic E-state index is 12.3. The Morgan fingerprint density at radius 1 is 1.60 bits per heavy atom. The Bertz CT molecular complexity index is 531. The van der Waals surface area contributed by atoms with Crippen LogP contribution in [0.3, 0.4) is 0 Å². The monoisotopic (exact) mass is 280 g/mol. The highest BCUT2D eigenvalue weighted by Gasteiger charge is 2.25. The van der Waals surface area contributed by atoms with Gasteiger partial charge in [-0.3, -0.25) is 14.9 Å². The Labute approximate surface area is 115 Å². The van der Waals surface area contributed by atoms with Gasteiger partial charge in [-0.2, -0.15) is 0 Å². The maximum Gasteiger partial charge on any atom is 0.273 e. The van der Waals surface area contributed by atoms with E-state index in [4.69, 9.17) is 9.84 Å². The van der Waals surface area contributed by atoms with Crippen molar-refractivity contribution < 1.29 is 19.6 Å². The summed E-state index contributed by atoms with van der Waals surface area (Å²) in [6, 6.07) is 4.44. The van der Waals surface area contributed by atoms with Crippen LogP contribution in [0.1, 0.15) is 15.9 Å². The molecule has 1 aromatic rings. The van der Waals surface area contributed by atoms with E-state index >= 15 is 0 Å². The quantitative estimate of drug-likeness (QED) is 0.651. The van der Waals surface area contributed by atoms with Gasteiger partial charge in [-0.05, 0) is 13.0 Å². The van der Waals surface area contributed by atoms with Gasteiger partial charge in [0.2, 0.25) is 0 Å². The van der Waals surface area contributed by atoms with Gasteiger partial charge < -0.3 is 14.7 Å². The van der Waals surface area contributed by atoms with Crippen molar-refractivity contribution in [2.75, 3.05) is 26.3 Å². The normalized spacial score (nSPS) is 18.9. The highest BCUT2D eigenvalue weighted by molar-refractivity contribution is 5.95. The van der Waals surface area contributed by atoms with Gasteiger partial charge in [-0.25, -0.2) is 0 Å². The van der Waals surface area contributed by atoms with Gasteiger partial charge >= 0.3 is 0 Å². The summed E-state index contributed by atoms with van der Waals surface area (Å²) in [4.78, 5) is 24.3. The SMILES string of the molecule is Cc1ccc(C(=O)N2CCOC(CO)C2)cc1[N+](=O)[O-]. The Balaban J connectivity index is 2.20. The first kappa shape index (κ1) is 14.4. The van der Waals surface area contributed by atoms with E-state index in [-0.39, 0.29) is 30.3 Å². The third kappa shape index (κ3) is 2.94. The number of ether oxygens (including phenoxy) is 1. The summed E-state index contributed by atoms with van der Waals surface area (Å²) in [6.45, 7) is 2.53. The third-order valence-corrected chi connectivity index (χ3v) is 3.28.